The molecule has 1 amide bonds. The molecule has 4 rings (SSSR count). The van der Waals surface area contributed by atoms with Crippen molar-refractivity contribution in [2.45, 2.75) is 32.4 Å². The Kier molecular flexibility index (Phi) is 5.97. The van der Waals surface area contributed by atoms with Gasteiger partial charge in [-0.1, -0.05) is 35.9 Å². The second kappa shape index (κ2) is 8.80. The van der Waals surface area contributed by atoms with Crippen molar-refractivity contribution < 1.29 is 14.1 Å². The lowest BCUT2D eigenvalue weighted by Gasteiger charge is -2.24. The van der Waals surface area contributed by atoms with E-state index >= 15 is 0 Å². The monoisotopic (exact) mass is 411 g/mol. The summed E-state index contributed by atoms with van der Waals surface area (Å²) in [6.45, 7) is 3.77. The molecule has 0 atom stereocenters. The van der Waals surface area contributed by atoms with Gasteiger partial charge in [-0.15, -0.1) is 0 Å². The summed E-state index contributed by atoms with van der Waals surface area (Å²) in [5.74, 6) is -0.400. The van der Waals surface area contributed by atoms with E-state index in [9.17, 15) is 9.59 Å². The summed E-state index contributed by atoms with van der Waals surface area (Å²) in [4.78, 5) is 26.5. The van der Waals surface area contributed by atoms with Crippen molar-refractivity contribution in [3.63, 3.8) is 0 Å². The van der Waals surface area contributed by atoms with Gasteiger partial charge in [-0.2, -0.15) is 0 Å². The van der Waals surface area contributed by atoms with E-state index in [0.717, 1.165) is 12.1 Å². The fraction of sp³-hybridized carbons (Fsp3) is 0.304. The van der Waals surface area contributed by atoms with E-state index < -0.39 is 5.91 Å². The highest BCUT2D eigenvalue weighted by molar-refractivity contribution is 6.31. The Hall–Kier alpha value is -2.63. The third kappa shape index (κ3) is 4.69. The van der Waals surface area contributed by atoms with Gasteiger partial charge in [-0.25, -0.2) is 0 Å². The van der Waals surface area contributed by atoms with Gasteiger partial charge in [-0.05, 0) is 43.0 Å². The van der Waals surface area contributed by atoms with Crippen LogP contribution in [0.1, 0.15) is 40.9 Å². The molecule has 0 radical (unpaired) electrons. The molecule has 150 valence electrons. The predicted molar refractivity (Wildman–Crippen MR) is 113 cm³/mol. The van der Waals surface area contributed by atoms with Gasteiger partial charge in [0.1, 0.15) is 12.1 Å². The summed E-state index contributed by atoms with van der Waals surface area (Å²) < 4.78 is 5.62. The SMILES string of the molecule is O=C(NCc1ccccc1C[NH+]1CCCCC1)c1cc(=O)c2cc(Cl)ccc2o1. The first-order valence-corrected chi connectivity index (χ1v) is 10.4. The van der Waals surface area contributed by atoms with Crippen molar-refractivity contribution in [1.29, 1.82) is 0 Å². The Morgan fingerprint density at radius 1 is 1.03 bits per heavy atom. The number of quaternary nitrogens is 1. The second-order valence-corrected chi connectivity index (χ2v) is 7.99. The van der Waals surface area contributed by atoms with Crippen LogP contribution in [0, 0.1) is 0 Å². The molecule has 0 saturated carbocycles. The molecule has 5 nitrogen and oxygen atoms in total. The number of piperidine rings is 1. The van der Waals surface area contributed by atoms with Crippen LogP contribution < -0.4 is 15.6 Å². The zero-order valence-electron chi connectivity index (χ0n) is 16.2. The first-order chi connectivity index (χ1) is 14.1. The fourth-order valence-electron chi connectivity index (χ4n) is 3.90. The normalized spacial score (nSPS) is 14.8. The number of fused-ring (bicyclic) bond motifs is 1. The maximum absolute atomic E-state index is 12.6. The Bertz CT molecular complexity index is 1090. The molecule has 0 unspecified atom stereocenters. The first kappa shape index (κ1) is 19.7. The van der Waals surface area contributed by atoms with E-state index in [4.69, 9.17) is 16.0 Å². The molecular weight excluding hydrogens is 388 g/mol. The molecule has 0 spiro atoms. The van der Waals surface area contributed by atoms with Crippen LogP contribution in [0.25, 0.3) is 11.0 Å². The number of benzene rings is 2. The molecule has 1 aromatic heterocycles. The maximum atomic E-state index is 12.6. The molecular formula is C23H24ClN2O3+. The minimum Gasteiger partial charge on any atom is -0.451 e. The molecule has 1 aliphatic heterocycles. The minimum absolute atomic E-state index is 0.00367. The summed E-state index contributed by atoms with van der Waals surface area (Å²) in [5.41, 5.74) is 2.40. The van der Waals surface area contributed by atoms with Gasteiger partial charge in [-0.3, -0.25) is 9.59 Å². The van der Waals surface area contributed by atoms with Crippen LogP contribution >= 0.6 is 11.6 Å². The summed E-state index contributed by atoms with van der Waals surface area (Å²) >= 11 is 5.93. The van der Waals surface area contributed by atoms with Gasteiger partial charge in [0, 0.05) is 23.2 Å². The largest absolute Gasteiger partial charge is 0.451 e. The Balaban J connectivity index is 1.48. The molecule has 3 aromatic rings. The van der Waals surface area contributed by atoms with Crippen molar-refractivity contribution in [3.05, 3.63) is 80.7 Å². The highest BCUT2D eigenvalue weighted by Crippen LogP contribution is 2.18. The summed E-state index contributed by atoms with van der Waals surface area (Å²) in [7, 11) is 0. The molecule has 1 aliphatic rings. The third-order valence-electron chi connectivity index (χ3n) is 5.47. The Morgan fingerprint density at radius 3 is 2.59 bits per heavy atom. The van der Waals surface area contributed by atoms with Crippen LogP contribution in [0.4, 0.5) is 0 Å². The number of carbonyl (C=O) groups is 1. The quantitative estimate of drug-likeness (QED) is 0.678. The predicted octanol–water partition coefficient (Wildman–Crippen LogP) is 2.95. The summed E-state index contributed by atoms with van der Waals surface area (Å²) in [5, 5.41) is 3.71. The third-order valence-corrected chi connectivity index (χ3v) is 5.71. The van der Waals surface area contributed by atoms with Crippen LogP contribution in [0.2, 0.25) is 5.02 Å². The van der Waals surface area contributed by atoms with Crippen LogP contribution in [-0.4, -0.2) is 19.0 Å². The smallest absolute Gasteiger partial charge is 0.287 e. The van der Waals surface area contributed by atoms with Crippen molar-refractivity contribution >= 4 is 28.5 Å². The molecule has 6 heteroatoms. The standard InChI is InChI=1S/C23H23ClN2O3/c24-18-8-9-21-19(12-18)20(27)13-22(29-21)23(28)25-14-16-6-2-3-7-17(16)15-26-10-4-1-5-11-26/h2-3,6-9,12-13H,1,4-5,10-11,14-15H2,(H,25,28)/p+1. The van der Waals surface area contributed by atoms with Gasteiger partial charge >= 0.3 is 0 Å². The number of halogens is 1. The molecule has 0 aliphatic carbocycles. The van der Waals surface area contributed by atoms with E-state index in [1.165, 1.54) is 44.0 Å². The average molecular weight is 412 g/mol. The lowest BCUT2D eigenvalue weighted by Crippen LogP contribution is -3.11. The maximum Gasteiger partial charge on any atom is 0.287 e. The number of hydrogen-bond donors (Lipinski definition) is 2. The van der Waals surface area contributed by atoms with Crippen LogP contribution in [0.3, 0.4) is 0 Å². The van der Waals surface area contributed by atoms with Crippen molar-refractivity contribution in [3.8, 4) is 0 Å². The molecule has 1 saturated heterocycles. The van der Waals surface area contributed by atoms with E-state index in [0.29, 0.717) is 22.5 Å². The molecule has 2 heterocycles. The Labute approximate surface area is 174 Å². The van der Waals surface area contributed by atoms with Crippen molar-refractivity contribution in [1.82, 2.24) is 5.32 Å². The molecule has 0 bridgehead atoms. The first-order valence-electron chi connectivity index (χ1n) is 10.0. The number of rotatable bonds is 5. The van der Waals surface area contributed by atoms with Crippen molar-refractivity contribution in [2.75, 3.05) is 13.1 Å². The number of amides is 1. The van der Waals surface area contributed by atoms with E-state index in [2.05, 4.69) is 11.4 Å². The van der Waals surface area contributed by atoms with E-state index in [1.807, 2.05) is 18.2 Å². The van der Waals surface area contributed by atoms with E-state index in [1.54, 1.807) is 23.1 Å². The summed E-state index contributed by atoms with van der Waals surface area (Å²) in [6.07, 6.45) is 3.88. The van der Waals surface area contributed by atoms with Gasteiger partial charge in [0.05, 0.1) is 18.5 Å². The van der Waals surface area contributed by atoms with Crippen LogP contribution in [0.15, 0.2) is 57.7 Å². The summed E-state index contributed by atoms with van der Waals surface area (Å²) in [6, 6.07) is 14.2. The molecule has 2 aromatic carbocycles. The molecule has 29 heavy (non-hydrogen) atoms. The number of nitrogens with one attached hydrogen (secondary N) is 2. The minimum atomic E-state index is -0.404. The fourth-order valence-corrected chi connectivity index (χ4v) is 4.08. The zero-order chi connectivity index (χ0) is 20.2. The van der Waals surface area contributed by atoms with Gasteiger partial charge in [0.2, 0.25) is 0 Å². The van der Waals surface area contributed by atoms with Crippen LogP contribution in [-0.2, 0) is 13.1 Å². The topological polar surface area (TPSA) is 63.8 Å². The average Bonchev–Trinajstić information content (AvgIpc) is 2.74. The Morgan fingerprint density at radius 2 is 1.79 bits per heavy atom. The second-order valence-electron chi connectivity index (χ2n) is 7.55. The molecule has 2 N–H and O–H groups in total. The van der Waals surface area contributed by atoms with Crippen molar-refractivity contribution in [2.24, 2.45) is 0 Å². The molecule has 1 fully saturated rings. The van der Waals surface area contributed by atoms with Gasteiger partial charge in [0.15, 0.2) is 11.2 Å². The highest BCUT2D eigenvalue weighted by Gasteiger charge is 2.17. The van der Waals surface area contributed by atoms with Crippen LogP contribution in [0.5, 0.6) is 0 Å². The van der Waals surface area contributed by atoms with E-state index in [-0.39, 0.29) is 11.2 Å². The number of hydrogen-bond acceptors (Lipinski definition) is 3. The number of likely N-dealkylation sites (tertiary alicyclic amines) is 1. The number of carbonyl (C=O) groups excluding carboxylic acids is 1. The lowest BCUT2D eigenvalue weighted by molar-refractivity contribution is -0.918. The zero-order valence-corrected chi connectivity index (χ0v) is 16.9. The van der Waals surface area contributed by atoms with Gasteiger partial charge in [0.25, 0.3) is 5.91 Å². The lowest BCUT2D eigenvalue weighted by atomic mass is 10.0. The van der Waals surface area contributed by atoms with Gasteiger partial charge < -0.3 is 14.6 Å². The highest BCUT2D eigenvalue weighted by atomic mass is 35.5.